The summed E-state index contributed by atoms with van der Waals surface area (Å²) >= 11 is 0. The number of allylic oxidation sites excluding steroid dienone is 1. The van der Waals surface area contributed by atoms with Gasteiger partial charge < -0.3 is 5.32 Å². The van der Waals surface area contributed by atoms with E-state index in [9.17, 15) is 4.79 Å². The third-order valence-electron chi connectivity index (χ3n) is 5.53. The van der Waals surface area contributed by atoms with Crippen LogP contribution in [0.3, 0.4) is 0 Å². The minimum Gasteiger partial charge on any atom is -0.361 e. The van der Waals surface area contributed by atoms with E-state index in [-0.39, 0.29) is 10.8 Å². The molecule has 0 radical (unpaired) electrons. The Bertz CT molecular complexity index is 544. The van der Waals surface area contributed by atoms with Gasteiger partial charge in [-0.3, -0.25) is 4.79 Å². The molecule has 0 heterocycles. The minimum absolute atomic E-state index is 0.0916. The van der Waals surface area contributed by atoms with Crippen LogP contribution in [0.4, 0.5) is 5.69 Å². The lowest BCUT2D eigenvalue weighted by Gasteiger charge is -2.31. The van der Waals surface area contributed by atoms with E-state index >= 15 is 0 Å². The summed E-state index contributed by atoms with van der Waals surface area (Å²) in [5.74, 6) is 0.749. The van der Waals surface area contributed by atoms with Gasteiger partial charge in [0.25, 0.3) is 0 Å². The SMILES string of the molecule is CC1(C)[C@@H]2CC[C@]1(C)C(=O)C2=CNc1ccccc1. The number of fused-ring (bicyclic) bond motifs is 2. The van der Waals surface area contributed by atoms with Crippen molar-refractivity contribution in [3.63, 3.8) is 0 Å². The molecule has 0 aliphatic heterocycles. The third kappa shape index (κ3) is 1.59. The second-order valence-electron chi connectivity index (χ2n) is 6.58. The van der Waals surface area contributed by atoms with Crippen molar-refractivity contribution in [2.75, 3.05) is 5.32 Å². The van der Waals surface area contributed by atoms with Gasteiger partial charge in [0.05, 0.1) is 0 Å². The van der Waals surface area contributed by atoms with Gasteiger partial charge >= 0.3 is 0 Å². The van der Waals surface area contributed by atoms with Crippen molar-refractivity contribution in [3.8, 4) is 0 Å². The van der Waals surface area contributed by atoms with Gasteiger partial charge in [0, 0.05) is 22.9 Å². The topological polar surface area (TPSA) is 29.1 Å². The molecular formula is C17H21NO. The van der Waals surface area contributed by atoms with Crippen LogP contribution in [0.5, 0.6) is 0 Å². The second kappa shape index (κ2) is 3.96. The van der Waals surface area contributed by atoms with E-state index in [1.165, 1.54) is 0 Å². The summed E-state index contributed by atoms with van der Waals surface area (Å²) in [5.41, 5.74) is 1.95. The van der Waals surface area contributed by atoms with Crippen LogP contribution in [0.2, 0.25) is 0 Å². The molecule has 1 aromatic carbocycles. The van der Waals surface area contributed by atoms with E-state index in [4.69, 9.17) is 0 Å². The van der Waals surface area contributed by atoms with Crippen molar-refractivity contribution in [3.05, 3.63) is 42.1 Å². The number of ketones is 1. The average Bonchev–Trinajstić information content (AvgIpc) is 2.70. The molecule has 0 amide bonds. The Kier molecular flexibility index (Phi) is 2.60. The Morgan fingerprint density at radius 3 is 2.47 bits per heavy atom. The highest BCUT2D eigenvalue weighted by molar-refractivity contribution is 6.04. The molecule has 0 aromatic heterocycles. The maximum absolute atomic E-state index is 12.6. The quantitative estimate of drug-likeness (QED) is 0.809. The molecule has 2 aliphatic rings. The molecule has 100 valence electrons. The highest BCUT2D eigenvalue weighted by atomic mass is 16.1. The summed E-state index contributed by atoms with van der Waals surface area (Å²) in [6.45, 7) is 6.62. The number of anilines is 1. The number of hydrogen-bond acceptors (Lipinski definition) is 2. The van der Waals surface area contributed by atoms with Gasteiger partial charge in [-0.05, 0) is 36.3 Å². The fourth-order valence-electron chi connectivity index (χ4n) is 3.79. The van der Waals surface area contributed by atoms with Crippen LogP contribution in [0.1, 0.15) is 33.6 Å². The highest BCUT2D eigenvalue weighted by Gasteiger charge is 2.63. The van der Waals surface area contributed by atoms with E-state index in [0.717, 1.165) is 24.1 Å². The third-order valence-corrected chi connectivity index (χ3v) is 5.53. The maximum Gasteiger partial charge on any atom is 0.167 e. The number of rotatable bonds is 2. The summed E-state index contributed by atoms with van der Waals surface area (Å²) in [6.07, 6.45) is 4.11. The van der Waals surface area contributed by atoms with E-state index in [2.05, 4.69) is 26.1 Å². The first-order valence-electron chi connectivity index (χ1n) is 7.03. The van der Waals surface area contributed by atoms with Crippen LogP contribution >= 0.6 is 0 Å². The molecule has 0 spiro atoms. The van der Waals surface area contributed by atoms with Gasteiger partial charge in [-0.1, -0.05) is 39.0 Å². The lowest BCUT2D eigenvalue weighted by Crippen LogP contribution is -2.32. The van der Waals surface area contributed by atoms with Crippen molar-refractivity contribution >= 4 is 11.5 Å². The van der Waals surface area contributed by atoms with Gasteiger partial charge in [-0.2, -0.15) is 0 Å². The molecule has 2 nitrogen and oxygen atoms in total. The summed E-state index contributed by atoms with van der Waals surface area (Å²) < 4.78 is 0. The molecule has 2 fully saturated rings. The van der Waals surface area contributed by atoms with Crippen molar-refractivity contribution in [1.29, 1.82) is 0 Å². The number of para-hydroxylation sites is 1. The van der Waals surface area contributed by atoms with Crippen molar-refractivity contribution < 1.29 is 4.79 Å². The fraction of sp³-hybridized carbons (Fsp3) is 0.471. The van der Waals surface area contributed by atoms with Gasteiger partial charge in [0.1, 0.15) is 0 Å². The van der Waals surface area contributed by atoms with Crippen molar-refractivity contribution in [2.45, 2.75) is 33.6 Å². The summed E-state index contributed by atoms with van der Waals surface area (Å²) in [5, 5.41) is 3.27. The first-order chi connectivity index (χ1) is 8.97. The largest absolute Gasteiger partial charge is 0.361 e. The Hall–Kier alpha value is -1.57. The zero-order valence-electron chi connectivity index (χ0n) is 11.9. The van der Waals surface area contributed by atoms with E-state index < -0.39 is 0 Å². The maximum atomic E-state index is 12.6. The smallest absolute Gasteiger partial charge is 0.167 e. The van der Waals surface area contributed by atoms with Crippen LogP contribution in [-0.2, 0) is 4.79 Å². The summed E-state index contributed by atoms with van der Waals surface area (Å²) in [7, 11) is 0. The number of benzene rings is 1. The molecule has 1 N–H and O–H groups in total. The standard InChI is InChI=1S/C17H21NO/c1-16(2)14-9-10-17(16,3)15(19)13(14)11-18-12-7-5-4-6-8-12/h4-8,11,14,18H,9-10H2,1-3H3/t14-,17-/m1/s1. The van der Waals surface area contributed by atoms with Crippen LogP contribution in [0.25, 0.3) is 0 Å². The zero-order chi connectivity index (χ0) is 13.7. The number of hydrogen-bond donors (Lipinski definition) is 1. The Morgan fingerprint density at radius 2 is 1.89 bits per heavy atom. The zero-order valence-corrected chi connectivity index (χ0v) is 11.9. The minimum atomic E-state index is -0.165. The lowest BCUT2D eigenvalue weighted by atomic mass is 9.70. The molecule has 0 saturated heterocycles. The number of carbonyl (C=O) groups is 1. The van der Waals surface area contributed by atoms with Crippen molar-refractivity contribution in [1.82, 2.24) is 0 Å². The average molecular weight is 255 g/mol. The van der Waals surface area contributed by atoms with E-state index in [1.54, 1.807) is 0 Å². The van der Waals surface area contributed by atoms with Crippen LogP contribution in [0.15, 0.2) is 42.1 Å². The first kappa shape index (κ1) is 12.5. The predicted molar refractivity (Wildman–Crippen MR) is 77.8 cm³/mol. The van der Waals surface area contributed by atoms with Gasteiger partial charge in [0.2, 0.25) is 0 Å². The Labute approximate surface area is 114 Å². The van der Waals surface area contributed by atoms with E-state index in [0.29, 0.717) is 11.7 Å². The monoisotopic (exact) mass is 255 g/mol. The van der Waals surface area contributed by atoms with E-state index in [1.807, 2.05) is 36.5 Å². The predicted octanol–water partition coefficient (Wildman–Crippen LogP) is 4.01. The molecule has 2 heteroatoms. The molecule has 19 heavy (non-hydrogen) atoms. The van der Waals surface area contributed by atoms with Gasteiger partial charge in [-0.25, -0.2) is 0 Å². The normalized spacial score (nSPS) is 33.9. The van der Waals surface area contributed by atoms with Crippen LogP contribution in [0, 0.1) is 16.7 Å². The summed E-state index contributed by atoms with van der Waals surface area (Å²) in [4.78, 5) is 12.6. The van der Waals surface area contributed by atoms with Crippen LogP contribution in [-0.4, -0.2) is 5.78 Å². The molecule has 2 aliphatic carbocycles. The van der Waals surface area contributed by atoms with Crippen molar-refractivity contribution in [2.24, 2.45) is 16.7 Å². The summed E-state index contributed by atoms with van der Waals surface area (Å²) in [6, 6.07) is 10.0. The molecule has 2 atom stereocenters. The highest BCUT2D eigenvalue weighted by Crippen LogP contribution is 2.65. The molecule has 2 saturated carbocycles. The Balaban J connectivity index is 1.89. The molecule has 1 aromatic rings. The van der Waals surface area contributed by atoms with Crippen LogP contribution < -0.4 is 5.32 Å². The lowest BCUT2D eigenvalue weighted by molar-refractivity contribution is -0.125. The second-order valence-corrected chi connectivity index (χ2v) is 6.58. The number of Topliss-reactive ketones (excluding diaryl/α,β-unsaturated/α-hetero) is 1. The molecule has 3 rings (SSSR count). The molecule has 0 unspecified atom stereocenters. The molecule has 2 bridgehead atoms. The Morgan fingerprint density at radius 1 is 1.21 bits per heavy atom. The fourth-order valence-corrected chi connectivity index (χ4v) is 3.79. The number of nitrogens with one attached hydrogen (secondary N) is 1. The van der Waals surface area contributed by atoms with Gasteiger partial charge in [-0.15, -0.1) is 0 Å². The van der Waals surface area contributed by atoms with Gasteiger partial charge in [0.15, 0.2) is 5.78 Å². The molecular weight excluding hydrogens is 234 g/mol. The first-order valence-corrected chi connectivity index (χ1v) is 7.03. The number of carbonyl (C=O) groups excluding carboxylic acids is 1.